The van der Waals surface area contributed by atoms with Gasteiger partial charge in [-0.2, -0.15) is 9.61 Å². The third kappa shape index (κ3) is 2.72. The molecule has 0 atom stereocenters. The zero-order valence-corrected chi connectivity index (χ0v) is 13.4. The molecule has 5 heteroatoms. The van der Waals surface area contributed by atoms with Crippen LogP contribution < -0.4 is 4.90 Å². The summed E-state index contributed by atoms with van der Waals surface area (Å²) in [6.07, 6.45) is 5.45. The number of fused-ring (bicyclic) bond motifs is 1. The molecule has 0 radical (unpaired) electrons. The van der Waals surface area contributed by atoms with Crippen molar-refractivity contribution >= 4 is 11.5 Å². The van der Waals surface area contributed by atoms with Crippen LogP contribution in [-0.4, -0.2) is 26.6 Å². The summed E-state index contributed by atoms with van der Waals surface area (Å²) in [5.74, 6) is 0.993. The predicted octanol–water partition coefficient (Wildman–Crippen LogP) is 3.43. The molecular weight excluding hydrogens is 298 g/mol. The summed E-state index contributed by atoms with van der Waals surface area (Å²) in [5, 5.41) is 4.41. The number of hydrogen-bond donors (Lipinski definition) is 0. The highest BCUT2D eigenvalue weighted by Gasteiger charge is 2.12. The molecule has 0 fully saturated rings. The van der Waals surface area contributed by atoms with Crippen LogP contribution in [0.5, 0.6) is 0 Å². The van der Waals surface area contributed by atoms with Crippen LogP contribution in [0.4, 0.5) is 5.82 Å². The van der Waals surface area contributed by atoms with E-state index in [9.17, 15) is 0 Å². The minimum atomic E-state index is 0.751. The van der Waals surface area contributed by atoms with Crippen LogP contribution in [0, 0.1) is 0 Å². The Kier molecular flexibility index (Phi) is 3.67. The minimum absolute atomic E-state index is 0.751. The van der Waals surface area contributed by atoms with Gasteiger partial charge in [-0.05, 0) is 11.6 Å². The van der Waals surface area contributed by atoms with E-state index < -0.39 is 0 Å². The zero-order chi connectivity index (χ0) is 16.4. The number of nitrogens with zero attached hydrogens (tertiary/aromatic N) is 5. The number of hydrogen-bond acceptors (Lipinski definition) is 4. The average Bonchev–Trinajstić information content (AvgIpc) is 3.11. The number of rotatable bonds is 4. The Bertz CT molecular complexity index is 947. The van der Waals surface area contributed by atoms with Gasteiger partial charge in [-0.1, -0.05) is 36.4 Å². The third-order valence-electron chi connectivity index (χ3n) is 3.94. The van der Waals surface area contributed by atoms with Gasteiger partial charge in [0.05, 0.1) is 11.9 Å². The van der Waals surface area contributed by atoms with Crippen LogP contribution >= 0.6 is 0 Å². The van der Waals surface area contributed by atoms with E-state index in [0.717, 1.165) is 34.8 Å². The van der Waals surface area contributed by atoms with E-state index in [-0.39, 0.29) is 0 Å². The van der Waals surface area contributed by atoms with Crippen molar-refractivity contribution in [1.82, 2.24) is 19.6 Å². The van der Waals surface area contributed by atoms with Crippen LogP contribution in [0.15, 0.2) is 73.2 Å². The standard InChI is InChI=1S/C19H17N5/c1-23(14-15-6-5-10-20-13-15)19-12-17(16-7-3-2-4-8-16)22-18-9-11-21-24(18)19/h2-13H,14H2,1H3. The zero-order valence-electron chi connectivity index (χ0n) is 13.4. The van der Waals surface area contributed by atoms with Crippen molar-refractivity contribution in [3.8, 4) is 11.3 Å². The first-order chi connectivity index (χ1) is 11.8. The van der Waals surface area contributed by atoms with Crippen LogP contribution in [-0.2, 0) is 6.54 Å². The highest BCUT2D eigenvalue weighted by atomic mass is 15.3. The molecule has 0 aliphatic carbocycles. The largest absolute Gasteiger partial charge is 0.355 e. The van der Waals surface area contributed by atoms with E-state index in [1.165, 1.54) is 0 Å². The SMILES string of the molecule is CN(Cc1cccnc1)c1cc(-c2ccccc2)nc2ccnn12. The summed E-state index contributed by atoms with van der Waals surface area (Å²) in [6.45, 7) is 0.751. The molecule has 0 saturated heterocycles. The smallest absolute Gasteiger partial charge is 0.157 e. The molecule has 0 amide bonds. The lowest BCUT2D eigenvalue weighted by atomic mass is 10.1. The van der Waals surface area contributed by atoms with E-state index in [1.807, 2.05) is 41.0 Å². The van der Waals surface area contributed by atoms with Crippen molar-refractivity contribution in [2.24, 2.45) is 0 Å². The van der Waals surface area contributed by atoms with Gasteiger partial charge in [0.15, 0.2) is 5.65 Å². The van der Waals surface area contributed by atoms with Crippen LogP contribution in [0.25, 0.3) is 16.9 Å². The van der Waals surface area contributed by atoms with E-state index in [2.05, 4.69) is 46.3 Å². The van der Waals surface area contributed by atoms with Crippen molar-refractivity contribution in [3.05, 3.63) is 78.8 Å². The molecule has 0 bridgehead atoms. The van der Waals surface area contributed by atoms with E-state index in [0.29, 0.717) is 0 Å². The number of aromatic nitrogens is 4. The van der Waals surface area contributed by atoms with Crippen molar-refractivity contribution in [3.63, 3.8) is 0 Å². The van der Waals surface area contributed by atoms with Crippen LogP contribution in [0.3, 0.4) is 0 Å². The highest BCUT2D eigenvalue weighted by Crippen LogP contribution is 2.24. The quantitative estimate of drug-likeness (QED) is 0.579. The highest BCUT2D eigenvalue weighted by molar-refractivity contribution is 5.66. The molecule has 24 heavy (non-hydrogen) atoms. The van der Waals surface area contributed by atoms with Crippen molar-refractivity contribution < 1.29 is 0 Å². The summed E-state index contributed by atoms with van der Waals surface area (Å²) in [5.41, 5.74) is 4.02. The fourth-order valence-electron chi connectivity index (χ4n) is 2.77. The van der Waals surface area contributed by atoms with E-state index in [4.69, 9.17) is 4.98 Å². The first-order valence-electron chi connectivity index (χ1n) is 7.81. The van der Waals surface area contributed by atoms with Crippen LogP contribution in [0.2, 0.25) is 0 Å². The van der Waals surface area contributed by atoms with E-state index >= 15 is 0 Å². The Morgan fingerprint density at radius 2 is 1.88 bits per heavy atom. The van der Waals surface area contributed by atoms with Gasteiger partial charge in [-0.25, -0.2) is 4.98 Å². The predicted molar refractivity (Wildman–Crippen MR) is 94.8 cm³/mol. The maximum absolute atomic E-state index is 4.72. The monoisotopic (exact) mass is 315 g/mol. The maximum Gasteiger partial charge on any atom is 0.157 e. The topological polar surface area (TPSA) is 46.3 Å². The fourth-order valence-corrected chi connectivity index (χ4v) is 2.77. The van der Waals surface area contributed by atoms with Gasteiger partial charge in [0, 0.05) is 43.7 Å². The molecule has 5 nitrogen and oxygen atoms in total. The van der Waals surface area contributed by atoms with Gasteiger partial charge in [-0.3, -0.25) is 4.98 Å². The Morgan fingerprint density at radius 3 is 2.67 bits per heavy atom. The molecule has 0 saturated carbocycles. The van der Waals surface area contributed by atoms with E-state index in [1.54, 1.807) is 12.4 Å². The Morgan fingerprint density at radius 1 is 1.00 bits per heavy atom. The van der Waals surface area contributed by atoms with Gasteiger partial charge < -0.3 is 4.90 Å². The number of anilines is 1. The second-order valence-corrected chi connectivity index (χ2v) is 5.68. The second-order valence-electron chi connectivity index (χ2n) is 5.68. The summed E-state index contributed by atoms with van der Waals surface area (Å²) in [4.78, 5) is 11.1. The molecule has 3 heterocycles. The Labute approximate surface area is 140 Å². The second kappa shape index (κ2) is 6.12. The maximum atomic E-state index is 4.72. The minimum Gasteiger partial charge on any atom is -0.355 e. The third-order valence-corrected chi connectivity index (χ3v) is 3.94. The normalized spacial score (nSPS) is 10.9. The lowest BCUT2D eigenvalue weighted by molar-refractivity contribution is 0.830. The molecule has 118 valence electrons. The fraction of sp³-hybridized carbons (Fsp3) is 0.105. The summed E-state index contributed by atoms with van der Waals surface area (Å²) in [7, 11) is 2.05. The summed E-state index contributed by atoms with van der Waals surface area (Å²) in [6, 6.07) is 18.2. The molecular formula is C19H17N5. The van der Waals surface area contributed by atoms with Gasteiger partial charge in [0.1, 0.15) is 5.82 Å². The van der Waals surface area contributed by atoms with Crippen molar-refractivity contribution in [2.75, 3.05) is 11.9 Å². The molecule has 0 spiro atoms. The van der Waals surface area contributed by atoms with Crippen molar-refractivity contribution in [2.45, 2.75) is 6.54 Å². The molecule has 1 aromatic carbocycles. The average molecular weight is 315 g/mol. The molecule has 4 rings (SSSR count). The number of benzene rings is 1. The molecule has 0 aliphatic rings. The molecule has 4 aromatic rings. The van der Waals surface area contributed by atoms with Crippen molar-refractivity contribution in [1.29, 1.82) is 0 Å². The van der Waals surface area contributed by atoms with Gasteiger partial charge in [0.2, 0.25) is 0 Å². The van der Waals surface area contributed by atoms with Gasteiger partial charge in [-0.15, -0.1) is 0 Å². The first kappa shape index (κ1) is 14.4. The lowest BCUT2D eigenvalue weighted by Crippen LogP contribution is -2.20. The lowest BCUT2D eigenvalue weighted by Gasteiger charge is -2.20. The molecule has 0 N–H and O–H groups in total. The van der Waals surface area contributed by atoms with Crippen LogP contribution in [0.1, 0.15) is 5.56 Å². The molecule has 0 unspecified atom stereocenters. The molecule has 3 aromatic heterocycles. The Balaban J connectivity index is 1.77. The number of pyridine rings is 1. The molecule has 0 aliphatic heterocycles. The van der Waals surface area contributed by atoms with Gasteiger partial charge in [0.25, 0.3) is 0 Å². The summed E-state index contributed by atoms with van der Waals surface area (Å²) >= 11 is 0. The first-order valence-corrected chi connectivity index (χ1v) is 7.81. The van der Waals surface area contributed by atoms with Gasteiger partial charge >= 0.3 is 0 Å². The Hall–Kier alpha value is -3.21. The summed E-state index contributed by atoms with van der Waals surface area (Å²) < 4.78 is 1.86.